The lowest BCUT2D eigenvalue weighted by Gasteiger charge is -2.36. The van der Waals surface area contributed by atoms with Gasteiger partial charge in [0.1, 0.15) is 12.0 Å². The van der Waals surface area contributed by atoms with Crippen LogP contribution in [0.3, 0.4) is 0 Å². The molecule has 0 aromatic heterocycles. The number of hydrogen-bond acceptors (Lipinski definition) is 2. The Bertz CT molecular complexity index is 684. The summed E-state index contributed by atoms with van der Waals surface area (Å²) in [6.07, 6.45) is -4.39. The number of nitrogens with one attached hydrogen (secondary N) is 1. The number of nitrogens with zero attached hydrogens (tertiary/aromatic N) is 1. The normalized spacial score (nSPS) is 21.6. The third-order valence-corrected chi connectivity index (χ3v) is 4.95. The van der Waals surface area contributed by atoms with Crippen molar-refractivity contribution < 1.29 is 26.7 Å². The lowest BCUT2D eigenvalue weighted by Crippen LogP contribution is -2.46. The smallest absolute Gasteiger partial charge is 0.352 e. The van der Waals surface area contributed by atoms with Crippen LogP contribution in [0.4, 0.5) is 22.0 Å². The first-order valence-electron chi connectivity index (χ1n) is 9.37. The molecule has 1 heterocycles. The van der Waals surface area contributed by atoms with Crippen LogP contribution in [0, 0.1) is 17.2 Å². The number of piperidine rings is 1. The molecule has 0 saturated carbocycles. The molecule has 1 aliphatic heterocycles. The van der Waals surface area contributed by atoms with Gasteiger partial charge in [-0.05, 0) is 49.5 Å². The molecule has 0 spiro atoms. The van der Waals surface area contributed by atoms with Gasteiger partial charge in [-0.2, -0.15) is 13.2 Å². The maximum absolute atomic E-state index is 14.5. The SMILES string of the molecule is CC(C)(C)CCN1CC[C@@H](CNC(=O)c2cc(F)cc(C(F)(F)F)c2)[C@@H](F)C1. The number of halogens is 5. The van der Waals surface area contributed by atoms with E-state index in [1.54, 1.807) is 0 Å². The maximum Gasteiger partial charge on any atom is 0.416 e. The summed E-state index contributed by atoms with van der Waals surface area (Å²) in [5.74, 6) is -2.40. The van der Waals surface area contributed by atoms with E-state index in [4.69, 9.17) is 0 Å². The zero-order valence-corrected chi connectivity index (χ0v) is 16.4. The van der Waals surface area contributed by atoms with E-state index >= 15 is 0 Å². The van der Waals surface area contributed by atoms with Crippen LogP contribution in [0.2, 0.25) is 0 Å². The van der Waals surface area contributed by atoms with Crippen LogP contribution < -0.4 is 5.32 Å². The van der Waals surface area contributed by atoms with E-state index < -0.39 is 41.1 Å². The van der Waals surface area contributed by atoms with Gasteiger partial charge in [0.05, 0.1) is 5.56 Å². The molecular formula is C20H27F5N2O. The Balaban J connectivity index is 1.89. The van der Waals surface area contributed by atoms with E-state index in [1.165, 1.54) is 0 Å². The number of rotatable bonds is 5. The molecule has 3 nitrogen and oxygen atoms in total. The minimum Gasteiger partial charge on any atom is -0.352 e. The third-order valence-electron chi connectivity index (χ3n) is 4.95. The molecule has 1 aromatic carbocycles. The quantitative estimate of drug-likeness (QED) is 0.721. The highest BCUT2D eigenvalue weighted by molar-refractivity contribution is 5.94. The van der Waals surface area contributed by atoms with Gasteiger partial charge < -0.3 is 10.2 Å². The van der Waals surface area contributed by atoms with Crippen molar-refractivity contribution >= 4 is 5.91 Å². The number of amides is 1. The summed E-state index contributed by atoms with van der Waals surface area (Å²) in [4.78, 5) is 14.2. The van der Waals surface area contributed by atoms with E-state index in [-0.39, 0.29) is 18.5 Å². The van der Waals surface area contributed by atoms with Gasteiger partial charge in [0.2, 0.25) is 0 Å². The highest BCUT2D eigenvalue weighted by atomic mass is 19.4. The lowest BCUT2D eigenvalue weighted by atomic mass is 9.90. The second kappa shape index (κ2) is 8.76. The molecule has 1 N–H and O–H groups in total. The molecule has 1 amide bonds. The highest BCUT2D eigenvalue weighted by Gasteiger charge is 2.33. The Kier molecular flexibility index (Phi) is 7.07. The predicted molar refractivity (Wildman–Crippen MR) is 97.3 cm³/mol. The molecule has 0 aliphatic carbocycles. The topological polar surface area (TPSA) is 32.3 Å². The Morgan fingerprint density at radius 3 is 2.46 bits per heavy atom. The third kappa shape index (κ3) is 6.72. The fourth-order valence-corrected chi connectivity index (χ4v) is 3.15. The molecule has 0 unspecified atom stereocenters. The van der Waals surface area contributed by atoms with Gasteiger partial charge in [-0.3, -0.25) is 4.79 Å². The summed E-state index contributed by atoms with van der Waals surface area (Å²) in [7, 11) is 0. The number of benzene rings is 1. The van der Waals surface area contributed by atoms with Gasteiger partial charge >= 0.3 is 6.18 Å². The Labute approximate surface area is 162 Å². The van der Waals surface area contributed by atoms with E-state index in [9.17, 15) is 26.7 Å². The summed E-state index contributed by atoms with van der Waals surface area (Å²) in [5, 5.41) is 2.44. The fraction of sp³-hybridized carbons (Fsp3) is 0.650. The Morgan fingerprint density at radius 1 is 1.21 bits per heavy atom. The van der Waals surface area contributed by atoms with Crippen LogP contribution >= 0.6 is 0 Å². The summed E-state index contributed by atoms with van der Waals surface area (Å²) >= 11 is 0. The first-order chi connectivity index (χ1) is 12.8. The van der Waals surface area contributed by atoms with Crippen molar-refractivity contribution in [3.05, 3.63) is 35.1 Å². The lowest BCUT2D eigenvalue weighted by molar-refractivity contribution is -0.137. The number of carbonyl (C=O) groups excluding carboxylic acids is 1. The van der Waals surface area contributed by atoms with Gasteiger partial charge in [0, 0.05) is 24.6 Å². The average Bonchev–Trinajstić information content (AvgIpc) is 2.57. The number of likely N-dealkylation sites (tertiary alicyclic amines) is 1. The molecule has 0 radical (unpaired) electrons. The van der Waals surface area contributed by atoms with E-state index in [0.717, 1.165) is 19.0 Å². The molecule has 8 heteroatoms. The van der Waals surface area contributed by atoms with Crippen molar-refractivity contribution in [3.63, 3.8) is 0 Å². The molecule has 28 heavy (non-hydrogen) atoms. The van der Waals surface area contributed by atoms with Crippen molar-refractivity contribution in [2.24, 2.45) is 11.3 Å². The standard InChI is InChI=1S/C20H27F5N2O/c1-19(2,3)5-7-27-6-4-13(17(22)12-27)11-26-18(28)14-8-15(20(23,24)25)10-16(21)9-14/h8-10,13,17H,4-7,11-12H2,1-3H3,(H,26,28)/t13-,17-/m0/s1. The highest BCUT2D eigenvalue weighted by Crippen LogP contribution is 2.30. The van der Waals surface area contributed by atoms with E-state index in [2.05, 4.69) is 31.0 Å². The molecule has 158 valence electrons. The largest absolute Gasteiger partial charge is 0.416 e. The summed E-state index contributed by atoms with van der Waals surface area (Å²) < 4.78 is 66.2. The molecule has 0 bridgehead atoms. The number of hydrogen-bond donors (Lipinski definition) is 1. The minimum atomic E-state index is -4.75. The van der Waals surface area contributed by atoms with Gasteiger partial charge in [0.15, 0.2) is 0 Å². The van der Waals surface area contributed by atoms with Crippen molar-refractivity contribution in [3.8, 4) is 0 Å². The predicted octanol–water partition coefficient (Wildman–Crippen LogP) is 4.67. The van der Waals surface area contributed by atoms with E-state index in [1.807, 2.05) is 0 Å². The first-order valence-corrected chi connectivity index (χ1v) is 9.37. The van der Waals surface area contributed by atoms with Crippen LogP contribution in [0.1, 0.15) is 49.5 Å². The van der Waals surface area contributed by atoms with Crippen molar-refractivity contribution in [2.75, 3.05) is 26.2 Å². The van der Waals surface area contributed by atoms with Crippen LogP contribution in [-0.4, -0.2) is 43.2 Å². The van der Waals surface area contributed by atoms with Crippen molar-refractivity contribution in [1.29, 1.82) is 0 Å². The number of alkyl halides is 4. The fourth-order valence-electron chi connectivity index (χ4n) is 3.15. The molecule has 1 aliphatic rings. The molecule has 2 rings (SSSR count). The second-order valence-electron chi connectivity index (χ2n) is 8.61. The zero-order valence-electron chi connectivity index (χ0n) is 16.4. The monoisotopic (exact) mass is 406 g/mol. The number of carbonyl (C=O) groups is 1. The van der Waals surface area contributed by atoms with E-state index in [0.29, 0.717) is 25.1 Å². The van der Waals surface area contributed by atoms with Crippen LogP contribution in [0.5, 0.6) is 0 Å². The molecule has 1 fully saturated rings. The van der Waals surface area contributed by atoms with Gasteiger partial charge in [0.25, 0.3) is 5.91 Å². The summed E-state index contributed by atoms with van der Waals surface area (Å²) in [5.41, 5.74) is -1.49. The van der Waals surface area contributed by atoms with Gasteiger partial charge in [-0.1, -0.05) is 20.8 Å². The molecule has 1 saturated heterocycles. The Hall–Kier alpha value is -1.70. The van der Waals surface area contributed by atoms with Crippen molar-refractivity contribution in [2.45, 2.75) is 46.0 Å². The minimum absolute atomic E-state index is 0.00494. The van der Waals surface area contributed by atoms with Gasteiger partial charge in [-0.25, -0.2) is 8.78 Å². The molecular weight excluding hydrogens is 379 g/mol. The van der Waals surface area contributed by atoms with Gasteiger partial charge in [-0.15, -0.1) is 0 Å². The summed E-state index contributed by atoms with van der Waals surface area (Å²) in [6, 6.07) is 1.68. The van der Waals surface area contributed by atoms with Crippen LogP contribution in [0.25, 0.3) is 0 Å². The van der Waals surface area contributed by atoms with Crippen molar-refractivity contribution in [1.82, 2.24) is 10.2 Å². The first kappa shape index (κ1) is 22.6. The van der Waals surface area contributed by atoms with Crippen LogP contribution in [-0.2, 0) is 6.18 Å². The second-order valence-corrected chi connectivity index (χ2v) is 8.61. The molecule has 1 aromatic rings. The average molecular weight is 406 g/mol. The zero-order chi connectivity index (χ0) is 21.1. The Morgan fingerprint density at radius 2 is 1.89 bits per heavy atom. The summed E-state index contributed by atoms with van der Waals surface area (Å²) in [6.45, 7) is 8.15. The maximum atomic E-state index is 14.5. The van der Waals surface area contributed by atoms with Crippen LogP contribution in [0.15, 0.2) is 18.2 Å². The molecule has 2 atom stereocenters.